The van der Waals surface area contributed by atoms with E-state index in [-0.39, 0.29) is 37.5 Å². The van der Waals surface area contributed by atoms with E-state index in [2.05, 4.69) is 130 Å². The van der Waals surface area contributed by atoms with Gasteiger partial charge < -0.3 is 14.2 Å². The van der Waals surface area contributed by atoms with Crippen LogP contribution in [0.2, 0.25) is 0 Å². The zero-order valence-corrected chi connectivity index (χ0v) is 54.0. The standard InChI is InChI=1S/C76H130O6/c1-4-7-10-13-16-19-22-25-28-31-33-35-36-37-38-39-41-42-45-48-51-54-57-60-63-66-69-75(78)81-72-73(71-80-74(77)68-65-62-59-56-53-50-47-44-30-27-24-21-18-15-12-9-6-3)82-76(79)70-67-64-61-58-55-52-49-46-43-40-34-32-29-26-23-20-17-14-11-8-5-2/h8-9,11-12,17-18,20-21,26-27,29-30,34,40,47,50,56,59,73H,4-7,10,13-16,19,22-25,28,31-33,35-39,41-46,48-49,51-55,57-58,60-72H2,1-3H3/b11-8-,12-9-,20-17-,21-18-,29-26-,30-27-,40-34-,50-47-,59-56-. The summed E-state index contributed by atoms with van der Waals surface area (Å²) in [4.78, 5) is 38.4. The Morgan fingerprint density at radius 2 is 0.488 bits per heavy atom. The molecule has 0 aliphatic rings. The summed E-state index contributed by atoms with van der Waals surface area (Å²) >= 11 is 0. The van der Waals surface area contributed by atoms with Crippen molar-refractivity contribution in [3.63, 3.8) is 0 Å². The zero-order valence-electron chi connectivity index (χ0n) is 54.0. The molecule has 0 saturated heterocycles. The molecule has 0 spiro atoms. The molecule has 0 bridgehead atoms. The van der Waals surface area contributed by atoms with Crippen LogP contribution in [-0.2, 0) is 28.6 Å². The summed E-state index contributed by atoms with van der Waals surface area (Å²) in [5.41, 5.74) is 0. The zero-order chi connectivity index (χ0) is 59.2. The second-order valence-electron chi connectivity index (χ2n) is 23.0. The fourth-order valence-electron chi connectivity index (χ4n) is 9.88. The van der Waals surface area contributed by atoms with Gasteiger partial charge in [-0.05, 0) is 96.3 Å². The third-order valence-electron chi connectivity index (χ3n) is 15.0. The maximum atomic E-state index is 13.0. The Morgan fingerprint density at radius 1 is 0.256 bits per heavy atom. The van der Waals surface area contributed by atoms with Crippen LogP contribution in [0.3, 0.4) is 0 Å². The van der Waals surface area contributed by atoms with E-state index in [4.69, 9.17) is 14.2 Å². The van der Waals surface area contributed by atoms with Gasteiger partial charge in [-0.2, -0.15) is 0 Å². The van der Waals surface area contributed by atoms with Gasteiger partial charge in [-0.3, -0.25) is 14.4 Å². The van der Waals surface area contributed by atoms with Crippen molar-refractivity contribution in [2.24, 2.45) is 0 Å². The van der Waals surface area contributed by atoms with E-state index in [1.807, 2.05) is 0 Å². The largest absolute Gasteiger partial charge is 0.462 e. The van der Waals surface area contributed by atoms with E-state index in [0.29, 0.717) is 19.3 Å². The fourth-order valence-corrected chi connectivity index (χ4v) is 9.88. The summed E-state index contributed by atoms with van der Waals surface area (Å²) in [5.74, 6) is -0.953. The molecule has 470 valence electrons. The van der Waals surface area contributed by atoms with Gasteiger partial charge in [-0.15, -0.1) is 0 Å². The number of rotatable bonds is 63. The maximum absolute atomic E-state index is 13.0. The van der Waals surface area contributed by atoms with E-state index in [1.54, 1.807) is 0 Å². The first-order valence-corrected chi connectivity index (χ1v) is 34.9. The van der Waals surface area contributed by atoms with Crippen LogP contribution in [0.1, 0.15) is 335 Å². The Balaban J connectivity index is 4.38. The Labute approximate surface area is 508 Å². The van der Waals surface area contributed by atoms with Gasteiger partial charge in [0.05, 0.1) is 0 Å². The summed E-state index contributed by atoms with van der Waals surface area (Å²) in [6, 6.07) is 0. The molecule has 6 nitrogen and oxygen atoms in total. The molecule has 6 heteroatoms. The second kappa shape index (κ2) is 69.6. The predicted molar refractivity (Wildman–Crippen MR) is 357 cm³/mol. The molecule has 0 aliphatic heterocycles. The maximum Gasteiger partial charge on any atom is 0.306 e. The molecule has 0 N–H and O–H groups in total. The van der Waals surface area contributed by atoms with E-state index >= 15 is 0 Å². The minimum Gasteiger partial charge on any atom is -0.462 e. The lowest BCUT2D eigenvalue weighted by molar-refractivity contribution is -0.167. The van der Waals surface area contributed by atoms with Crippen LogP contribution >= 0.6 is 0 Å². The molecule has 0 amide bonds. The van der Waals surface area contributed by atoms with Gasteiger partial charge in [-0.25, -0.2) is 0 Å². The molecular formula is C76H130O6. The summed E-state index contributed by atoms with van der Waals surface area (Å²) in [6.07, 6.45) is 95.5. The van der Waals surface area contributed by atoms with E-state index in [0.717, 1.165) is 109 Å². The van der Waals surface area contributed by atoms with Crippen molar-refractivity contribution in [3.8, 4) is 0 Å². The topological polar surface area (TPSA) is 78.9 Å². The SMILES string of the molecule is CC/C=C\C/C=C\C/C=C\C/C=C\C/C=C\CCCC(=O)OCC(COC(=O)CCCCCCCCCCCCCCCCCCCCCCCCCCCC)OC(=O)CCCCCCCCCC/C=C\C/C=C\C/C=C\C/C=C\CC. The molecule has 0 aromatic carbocycles. The third-order valence-corrected chi connectivity index (χ3v) is 15.0. The number of esters is 3. The average Bonchev–Trinajstić information content (AvgIpc) is 3.47. The number of ether oxygens (including phenoxy) is 3. The highest BCUT2D eigenvalue weighted by Crippen LogP contribution is 2.18. The number of hydrogen-bond donors (Lipinski definition) is 0. The Bertz CT molecular complexity index is 1640. The van der Waals surface area contributed by atoms with Gasteiger partial charge in [0.2, 0.25) is 0 Å². The highest BCUT2D eigenvalue weighted by atomic mass is 16.6. The Morgan fingerprint density at radius 3 is 0.793 bits per heavy atom. The highest BCUT2D eigenvalue weighted by molar-refractivity contribution is 5.71. The highest BCUT2D eigenvalue weighted by Gasteiger charge is 2.19. The molecule has 0 heterocycles. The minimum absolute atomic E-state index is 0.0976. The predicted octanol–water partition coefficient (Wildman–Crippen LogP) is 24.2. The molecule has 0 aromatic rings. The number of allylic oxidation sites excluding steroid dienone is 18. The van der Waals surface area contributed by atoms with Gasteiger partial charge in [0.1, 0.15) is 13.2 Å². The van der Waals surface area contributed by atoms with Crippen molar-refractivity contribution in [2.75, 3.05) is 13.2 Å². The first-order valence-electron chi connectivity index (χ1n) is 34.9. The molecular weight excluding hydrogens is 1010 g/mol. The summed E-state index contributed by atoms with van der Waals surface area (Å²) in [5, 5.41) is 0. The average molecular weight is 1140 g/mol. The first kappa shape index (κ1) is 78.1. The fraction of sp³-hybridized carbons (Fsp3) is 0.724. The summed E-state index contributed by atoms with van der Waals surface area (Å²) in [6.45, 7) is 6.40. The molecule has 0 aliphatic carbocycles. The summed E-state index contributed by atoms with van der Waals surface area (Å²) in [7, 11) is 0. The third kappa shape index (κ3) is 66.9. The van der Waals surface area contributed by atoms with Gasteiger partial charge in [0.15, 0.2) is 6.10 Å². The van der Waals surface area contributed by atoms with Crippen molar-refractivity contribution in [2.45, 2.75) is 341 Å². The van der Waals surface area contributed by atoms with E-state index < -0.39 is 6.10 Å². The molecule has 0 aromatic heterocycles. The normalized spacial score (nSPS) is 12.8. The number of unbranched alkanes of at least 4 members (excludes halogenated alkanes) is 34. The van der Waals surface area contributed by atoms with Crippen LogP contribution in [0.4, 0.5) is 0 Å². The smallest absolute Gasteiger partial charge is 0.306 e. The number of hydrogen-bond acceptors (Lipinski definition) is 6. The second-order valence-corrected chi connectivity index (χ2v) is 23.0. The van der Waals surface area contributed by atoms with Crippen LogP contribution in [0.15, 0.2) is 109 Å². The Kier molecular flexibility index (Phi) is 66.2. The van der Waals surface area contributed by atoms with Crippen molar-refractivity contribution < 1.29 is 28.6 Å². The first-order chi connectivity index (χ1) is 40.5. The number of carbonyl (C=O) groups excluding carboxylic acids is 3. The van der Waals surface area contributed by atoms with Crippen LogP contribution in [0.25, 0.3) is 0 Å². The lowest BCUT2D eigenvalue weighted by Gasteiger charge is -2.18. The lowest BCUT2D eigenvalue weighted by atomic mass is 10.0. The van der Waals surface area contributed by atoms with Crippen molar-refractivity contribution in [1.29, 1.82) is 0 Å². The van der Waals surface area contributed by atoms with E-state index in [9.17, 15) is 14.4 Å². The molecule has 0 saturated carbocycles. The van der Waals surface area contributed by atoms with Gasteiger partial charge in [-0.1, -0.05) is 329 Å². The lowest BCUT2D eigenvalue weighted by Crippen LogP contribution is -2.30. The molecule has 0 fully saturated rings. The Hall–Kier alpha value is -3.93. The van der Waals surface area contributed by atoms with E-state index in [1.165, 1.54) is 180 Å². The van der Waals surface area contributed by atoms with Crippen molar-refractivity contribution in [1.82, 2.24) is 0 Å². The van der Waals surface area contributed by atoms with Crippen LogP contribution in [0, 0.1) is 0 Å². The molecule has 1 atom stereocenters. The summed E-state index contributed by atoms with van der Waals surface area (Å²) < 4.78 is 16.9. The van der Waals surface area contributed by atoms with Crippen LogP contribution in [0.5, 0.6) is 0 Å². The van der Waals surface area contributed by atoms with Crippen molar-refractivity contribution in [3.05, 3.63) is 109 Å². The quantitative estimate of drug-likeness (QED) is 0.0261. The van der Waals surface area contributed by atoms with Gasteiger partial charge >= 0.3 is 17.9 Å². The van der Waals surface area contributed by atoms with Crippen molar-refractivity contribution >= 4 is 17.9 Å². The molecule has 1 unspecified atom stereocenters. The molecule has 82 heavy (non-hydrogen) atoms. The number of carbonyl (C=O) groups is 3. The van der Waals surface area contributed by atoms with Gasteiger partial charge in [0, 0.05) is 19.3 Å². The van der Waals surface area contributed by atoms with Gasteiger partial charge in [0.25, 0.3) is 0 Å². The van der Waals surface area contributed by atoms with Crippen LogP contribution < -0.4 is 0 Å². The van der Waals surface area contributed by atoms with Crippen LogP contribution in [-0.4, -0.2) is 37.2 Å². The minimum atomic E-state index is -0.808. The molecule has 0 radical (unpaired) electrons. The monoisotopic (exact) mass is 1140 g/mol. The molecule has 0 rings (SSSR count).